The van der Waals surface area contributed by atoms with Crippen LogP contribution in [0.15, 0.2) is 12.7 Å². The largest absolute Gasteiger partial charge is 0.490 e. The third-order valence-corrected chi connectivity index (χ3v) is 7.47. The third-order valence-electron chi connectivity index (χ3n) is 3.67. The summed E-state index contributed by atoms with van der Waals surface area (Å²) in [5.41, 5.74) is 5.54. The summed E-state index contributed by atoms with van der Waals surface area (Å²) in [7, 11) is -17.1. The predicted octanol–water partition coefficient (Wildman–Crippen LogP) is -2.54. The molecular formula is C9H15N5O14P3+. The number of aliphatic hydroxyl groups is 2. The Bertz CT molecular complexity index is 1130. The molecule has 3 rings (SSSR count). The highest BCUT2D eigenvalue weighted by molar-refractivity contribution is 7.66. The van der Waals surface area contributed by atoms with Gasteiger partial charge in [-0.25, -0.2) is 18.7 Å². The van der Waals surface area contributed by atoms with Gasteiger partial charge in [0, 0.05) is 0 Å². The van der Waals surface area contributed by atoms with Gasteiger partial charge >= 0.3 is 23.5 Å². The van der Waals surface area contributed by atoms with Gasteiger partial charge in [-0.05, 0) is 0 Å². The van der Waals surface area contributed by atoms with E-state index in [2.05, 4.69) is 23.1 Å². The van der Waals surface area contributed by atoms with Crippen LogP contribution in [0.3, 0.4) is 0 Å². The molecule has 0 aromatic carbocycles. The Kier molecular flexibility index (Phi) is 6.29. The summed E-state index contributed by atoms with van der Waals surface area (Å²) in [4.78, 5) is 43.4. The molecule has 19 nitrogen and oxygen atoms in total. The summed E-state index contributed by atoms with van der Waals surface area (Å²) in [5.74, 6) is -0.235. The Labute approximate surface area is 170 Å². The summed E-state index contributed by atoms with van der Waals surface area (Å²) in [6, 6.07) is 0. The highest BCUT2D eigenvalue weighted by Gasteiger charge is 2.50. The Morgan fingerprint density at radius 1 is 1.06 bits per heavy atom. The van der Waals surface area contributed by atoms with Crippen molar-refractivity contribution < 1.29 is 71.3 Å². The van der Waals surface area contributed by atoms with Gasteiger partial charge in [0.25, 0.3) is 12.1 Å². The standard InChI is InChI=1S/C9H14N5O14P3/c10-6-3-7(12-2-14(6)17)13(1-11-3)8-4(15)5(16)9(25-8)26-30(21,22)28-31(23,24)27-29(18,19)20/h1-2,4-5,8-10,15-17H,(H4,18,19,20,21,22,23,24)/p+1. The molecule has 1 saturated heterocycles. The highest BCUT2D eigenvalue weighted by Crippen LogP contribution is 2.66. The van der Waals surface area contributed by atoms with Crippen molar-refractivity contribution in [1.29, 1.82) is 0 Å². The van der Waals surface area contributed by atoms with Gasteiger partial charge in [-0.3, -0.25) is 9.09 Å². The molecule has 0 bridgehead atoms. The number of anilines is 1. The molecule has 1 aliphatic heterocycles. The first-order valence-corrected chi connectivity index (χ1v) is 12.2. The SMILES string of the molecule is Nc1c2ncn(C3OC(OP(=O)(O)OP(=O)(O)OP(=O)(O)O)C(O)C3O)c2nc[n+]1O. The van der Waals surface area contributed by atoms with Crippen molar-refractivity contribution >= 4 is 40.4 Å². The van der Waals surface area contributed by atoms with Crippen molar-refractivity contribution in [1.82, 2.24) is 14.5 Å². The highest BCUT2D eigenvalue weighted by atomic mass is 31.3. The topological polar surface area (TPSA) is 290 Å². The summed E-state index contributed by atoms with van der Waals surface area (Å²) in [6.07, 6.45) is -5.62. The number of nitrogens with zero attached hydrogens (tertiary/aromatic N) is 4. The lowest BCUT2D eigenvalue weighted by molar-refractivity contribution is -0.894. The van der Waals surface area contributed by atoms with E-state index in [1.165, 1.54) is 0 Å². The lowest BCUT2D eigenvalue weighted by Crippen LogP contribution is -2.34. The first-order chi connectivity index (χ1) is 14.1. The lowest BCUT2D eigenvalue weighted by Gasteiger charge is -2.20. The molecule has 6 atom stereocenters. The zero-order valence-corrected chi connectivity index (χ0v) is 17.3. The van der Waals surface area contributed by atoms with E-state index in [9.17, 15) is 34.0 Å². The fourth-order valence-corrected chi connectivity index (χ4v) is 5.60. The van der Waals surface area contributed by atoms with Crippen LogP contribution in [-0.4, -0.2) is 68.0 Å². The Balaban J connectivity index is 1.80. The van der Waals surface area contributed by atoms with Crippen LogP contribution >= 0.6 is 23.5 Å². The van der Waals surface area contributed by atoms with Crippen LogP contribution < -0.4 is 10.5 Å². The second-order valence-corrected chi connectivity index (χ2v) is 10.2. The average Bonchev–Trinajstić information content (AvgIpc) is 3.11. The molecule has 2 aromatic rings. The second kappa shape index (κ2) is 8.09. The van der Waals surface area contributed by atoms with Gasteiger partial charge in [0.15, 0.2) is 12.5 Å². The van der Waals surface area contributed by atoms with Crippen LogP contribution in [0.25, 0.3) is 11.2 Å². The summed E-state index contributed by atoms with van der Waals surface area (Å²) >= 11 is 0. The fourth-order valence-electron chi connectivity index (χ4n) is 2.51. The normalized spacial score (nSPS) is 28.5. The predicted molar refractivity (Wildman–Crippen MR) is 90.2 cm³/mol. The summed E-state index contributed by atoms with van der Waals surface area (Å²) in [6.45, 7) is 0. The first kappa shape index (κ1) is 24.1. The molecule has 3 heterocycles. The number of aromatic nitrogens is 4. The van der Waals surface area contributed by atoms with Gasteiger partial charge in [-0.15, -0.1) is 0 Å². The van der Waals surface area contributed by atoms with Crippen molar-refractivity contribution in [3.8, 4) is 0 Å². The molecule has 1 fully saturated rings. The van der Waals surface area contributed by atoms with E-state index in [0.29, 0.717) is 4.73 Å². The van der Waals surface area contributed by atoms with E-state index < -0.39 is 48.2 Å². The van der Waals surface area contributed by atoms with Gasteiger partial charge in [0.2, 0.25) is 11.2 Å². The Morgan fingerprint density at radius 2 is 1.71 bits per heavy atom. The first-order valence-electron chi connectivity index (χ1n) is 7.66. The number of rotatable bonds is 7. The minimum Gasteiger partial charge on any atom is -0.385 e. The number of hydrogen-bond acceptors (Lipinski definition) is 13. The number of ether oxygens (including phenoxy) is 1. The number of phosphoric ester groups is 1. The molecule has 0 amide bonds. The van der Waals surface area contributed by atoms with E-state index in [0.717, 1.165) is 17.2 Å². The van der Waals surface area contributed by atoms with Crippen LogP contribution in [-0.2, 0) is 31.6 Å². The molecule has 6 unspecified atom stereocenters. The van der Waals surface area contributed by atoms with Crippen molar-refractivity contribution in [3.63, 3.8) is 0 Å². The number of imidazole rings is 1. The maximum Gasteiger partial charge on any atom is 0.490 e. The molecule has 22 heteroatoms. The van der Waals surface area contributed by atoms with Crippen molar-refractivity contribution in [2.75, 3.05) is 5.73 Å². The average molecular weight is 510 g/mol. The van der Waals surface area contributed by atoms with Gasteiger partial charge < -0.3 is 45.5 Å². The van der Waals surface area contributed by atoms with Crippen molar-refractivity contribution in [2.45, 2.75) is 24.7 Å². The lowest BCUT2D eigenvalue weighted by atomic mass is 10.2. The number of nitrogen functional groups attached to an aromatic ring is 1. The van der Waals surface area contributed by atoms with Gasteiger partial charge in [-0.1, -0.05) is 9.71 Å². The number of nitrogens with two attached hydrogens (primary N) is 1. The molecule has 1 aliphatic rings. The zero-order chi connectivity index (χ0) is 23.4. The maximum atomic E-state index is 11.9. The molecule has 31 heavy (non-hydrogen) atoms. The molecule has 2 aromatic heterocycles. The Morgan fingerprint density at radius 3 is 2.32 bits per heavy atom. The quantitative estimate of drug-likeness (QED) is 0.108. The van der Waals surface area contributed by atoms with E-state index in [1.54, 1.807) is 0 Å². The van der Waals surface area contributed by atoms with E-state index in [1.807, 2.05) is 0 Å². The monoisotopic (exact) mass is 510 g/mol. The van der Waals surface area contributed by atoms with Crippen LogP contribution in [0.5, 0.6) is 0 Å². The van der Waals surface area contributed by atoms with Gasteiger partial charge in [0.1, 0.15) is 18.5 Å². The number of hydrogen-bond donors (Lipinski definition) is 8. The van der Waals surface area contributed by atoms with E-state index in [4.69, 9.17) is 25.2 Å². The van der Waals surface area contributed by atoms with Crippen LogP contribution in [0.2, 0.25) is 0 Å². The molecule has 9 N–H and O–H groups in total. The maximum absolute atomic E-state index is 11.9. The van der Waals surface area contributed by atoms with Crippen molar-refractivity contribution in [2.24, 2.45) is 0 Å². The van der Waals surface area contributed by atoms with Crippen molar-refractivity contribution in [3.05, 3.63) is 12.7 Å². The molecular weight excluding hydrogens is 495 g/mol. The molecule has 0 radical (unpaired) electrons. The molecule has 0 saturated carbocycles. The number of phosphoric acid groups is 3. The summed E-state index contributed by atoms with van der Waals surface area (Å²) < 4.78 is 52.0. The number of aliphatic hydroxyl groups excluding tert-OH is 2. The van der Waals surface area contributed by atoms with E-state index in [-0.39, 0.29) is 17.0 Å². The van der Waals surface area contributed by atoms with E-state index >= 15 is 0 Å². The Hall–Kier alpha value is -1.56. The van der Waals surface area contributed by atoms with Crippen LogP contribution in [0.1, 0.15) is 6.23 Å². The minimum atomic E-state index is -5.80. The minimum absolute atomic E-state index is 0.0355. The van der Waals surface area contributed by atoms with Crippen LogP contribution in [0, 0.1) is 0 Å². The third kappa shape index (κ3) is 5.27. The molecule has 0 spiro atoms. The van der Waals surface area contributed by atoms with Crippen LogP contribution in [0.4, 0.5) is 5.82 Å². The molecule has 174 valence electrons. The molecule has 0 aliphatic carbocycles. The number of fused-ring (bicyclic) bond motifs is 1. The van der Waals surface area contributed by atoms with Gasteiger partial charge in [-0.2, -0.15) is 8.62 Å². The fraction of sp³-hybridized carbons (Fsp3) is 0.444. The smallest absolute Gasteiger partial charge is 0.385 e. The van der Waals surface area contributed by atoms with Gasteiger partial charge in [0.05, 0.1) is 0 Å². The second-order valence-electron chi connectivity index (χ2n) is 5.87. The zero-order valence-electron chi connectivity index (χ0n) is 14.7. The summed E-state index contributed by atoms with van der Waals surface area (Å²) in [5, 5.41) is 29.7.